The van der Waals surface area contributed by atoms with Gasteiger partial charge in [0, 0.05) is 44.8 Å². The number of anilines is 1. The zero-order valence-corrected chi connectivity index (χ0v) is 20.4. The lowest BCUT2D eigenvalue weighted by Gasteiger charge is -2.36. The van der Waals surface area contributed by atoms with E-state index >= 15 is 0 Å². The van der Waals surface area contributed by atoms with Crippen molar-refractivity contribution >= 4 is 34.8 Å². The second-order valence-electron chi connectivity index (χ2n) is 8.72. The summed E-state index contributed by atoms with van der Waals surface area (Å²) >= 11 is 12.5. The molecular formula is C28H27Cl2N3O. The molecule has 1 fully saturated rings. The van der Waals surface area contributed by atoms with Gasteiger partial charge in [0.1, 0.15) is 0 Å². The molecule has 0 unspecified atom stereocenters. The first-order valence-corrected chi connectivity index (χ1v) is 12.4. The quantitative estimate of drug-likeness (QED) is 0.352. The summed E-state index contributed by atoms with van der Waals surface area (Å²) in [6, 6.07) is 20.1. The molecule has 0 bridgehead atoms. The predicted octanol–water partition coefficient (Wildman–Crippen LogP) is 5.67. The van der Waals surface area contributed by atoms with Crippen molar-refractivity contribution in [3.05, 3.63) is 99.6 Å². The maximum atomic E-state index is 12.9. The number of nitrogens with one attached hydrogen (secondary N) is 1. The van der Waals surface area contributed by atoms with Gasteiger partial charge in [-0.3, -0.25) is 9.69 Å². The summed E-state index contributed by atoms with van der Waals surface area (Å²) in [6.45, 7) is 5.10. The highest BCUT2D eigenvalue weighted by atomic mass is 35.5. The van der Waals surface area contributed by atoms with E-state index in [0.717, 1.165) is 56.0 Å². The fraction of sp³-hybridized carbons (Fsp3) is 0.250. The van der Waals surface area contributed by atoms with Crippen molar-refractivity contribution in [2.45, 2.75) is 6.42 Å². The highest BCUT2D eigenvalue weighted by Gasteiger charge is 2.23. The minimum Gasteiger partial charge on any atom is -0.368 e. The average Bonchev–Trinajstić information content (AvgIpc) is 3.25. The summed E-state index contributed by atoms with van der Waals surface area (Å²) in [7, 11) is 0. The van der Waals surface area contributed by atoms with Gasteiger partial charge in [-0.25, -0.2) is 0 Å². The van der Waals surface area contributed by atoms with Crippen molar-refractivity contribution in [3.63, 3.8) is 0 Å². The van der Waals surface area contributed by atoms with E-state index in [0.29, 0.717) is 16.6 Å². The van der Waals surface area contributed by atoms with E-state index in [2.05, 4.69) is 45.5 Å². The minimum atomic E-state index is -0.0229. The second kappa shape index (κ2) is 10.2. The number of halogens is 2. The van der Waals surface area contributed by atoms with Crippen LogP contribution in [0.15, 0.2) is 72.8 Å². The number of benzene rings is 3. The van der Waals surface area contributed by atoms with Crippen LogP contribution in [0.5, 0.6) is 0 Å². The van der Waals surface area contributed by atoms with E-state index in [-0.39, 0.29) is 5.91 Å². The average molecular weight is 492 g/mol. The fourth-order valence-electron chi connectivity index (χ4n) is 4.84. The van der Waals surface area contributed by atoms with Crippen LogP contribution in [0.4, 0.5) is 5.69 Å². The molecular weight excluding hydrogens is 465 g/mol. The zero-order chi connectivity index (χ0) is 23.5. The van der Waals surface area contributed by atoms with Crippen LogP contribution in [-0.2, 0) is 6.42 Å². The highest BCUT2D eigenvalue weighted by Crippen LogP contribution is 2.38. The Bertz CT molecular complexity index is 1230. The molecule has 1 amide bonds. The standard InChI is InChI=1S/C28H27Cl2N3O/c29-24-11-6-12-25(27(24)30)33-17-15-32(16-18-33)14-4-3-13-31-28(34)23-10-5-8-21-19-20-7-1-2-9-22(20)26(21)23/h1-12H,13-19H2,(H,31,34)/b4-3-. The van der Waals surface area contributed by atoms with Crippen molar-refractivity contribution in [2.24, 2.45) is 0 Å². The molecule has 0 saturated carbocycles. The first-order valence-electron chi connectivity index (χ1n) is 11.7. The van der Waals surface area contributed by atoms with Crippen LogP contribution < -0.4 is 10.2 Å². The molecule has 2 aliphatic rings. The SMILES string of the molecule is O=C(NC/C=C\CN1CCN(c2cccc(Cl)c2Cl)CC1)c1cccc2c1-c1ccccc1C2. The van der Waals surface area contributed by atoms with Gasteiger partial charge in [0.2, 0.25) is 0 Å². The number of rotatable bonds is 6. The Labute approximate surface area is 210 Å². The Morgan fingerprint density at radius 3 is 2.50 bits per heavy atom. The number of piperazine rings is 1. The largest absolute Gasteiger partial charge is 0.368 e. The highest BCUT2D eigenvalue weighted by molar-refractivity contribution is 6.43. The molecule has 0 radical (unpaired) electrons. The second-order valence-corrected chi connectivity index (χ2v) is 9.50. The van der Waals surface area contributed by atoms with Gasteiger partial charge in [-0.05, 0) is 46.9 Å². The minimum absolute atomic E-state index is 0.0229. The third kappa shape index (κ3) is 4.72. The number of nitrogens with zero attached hydrogens (tertiary/aromatic N) is 2. The van der Waals surface area contributed by atoms with Gasteiger partial charge in [0.15, 0.2) is 0 Å². The molecule has 0 aromatic heterocycles. The van der Waals surface area contributed by atoms with E-state index in [9.17, 15) is 4.79 Å². The van der Waals surface area contributed by atoms with Gasteiger partial charge in [0.05, 0.1) is 15.7 Å². The van der Waals surface area contributed by atoms with Crippen molar-refractivity contribution in [3.8, 4) is 11.1 Å². The van der Waals surface area contributed by atoms with E-state index in [1.54, 1.807) is 0 Å². The first-order chi connectivity index (χ1) is 16.6. The number of carbonyl (C=O) groups is 1. The zero-order valence-electron chi connectivity index (χ0n) is 18.9. The summed E-state index contributed by atoms with van der Waals surface area (Å²) in [5, 5.41) is 4.28. The van der Waals surface area contributed by atoms with E-state index in [4.69, 9.17) is 23.2 Å². The molecule has 1 saturated heterocycles. The molecule has 0 atom stereocenters. The lowest BCUT2D eigenvalue weighted by Crippen LogP contribution is -2.46. The van der Waals surface area contributed by atoms with Crippen molar-refractivity contribution in [1.29, 1.82) is 0 Å². The molecule has 3 aromatic rings. The Hall–Kier alpha value is -2.79. The molecule has 1 heterocycles. The smallest absolute Gasteiger partial charge is 0.252 e. The number of amides is 1. The van der Waals surface area contributed by atoms with Crippen LogP contribution >= 0.6 is 23.2 Å². The van der Waals surface area contributed by atoms with Gasteiger partial charge in [-0.1, -0.05) is 77.8 Å². The molecule has 6 heteroatoms. The summed E-state index contributed by atoms with van der Waals surface area (Å²) in [5.74, 6) is -0.0229. The molecule has 1 aliphatic carbocycles. The summed E-state index contributed by atoms with van der Waals surface area (Å²) in [5.41, 5.74) is 6.53. The topological polar surface area (TPSA) is 35.6 Å². The predicted molar refractivity (Wildman–Crippen MR) is 141 cm³/mol. The lowest BCUT2D eigenvalue weighted by atomic mass is 9.99. The summed E-state index contributed by atoms with van der Waals surface area (Å²) in [4.78, 5) is 17.6. The van der Waals surface area contributed by atoms with Crippen LogP contribution in [-0.4, -0.2) is 50.1 Å². The van der Waals surface area contributed by atoms with Crippen LogP contribution in [0.2, 0.25) is 10.0 Å². The normalized spacial score (nSPS) is 15.4. The molecule has 3 aromatic carbocycles. The summed E-state index contributed by atoms with van der Waals surface area (Å²) < 4.78 is 0. The third-order valence-corrected chi connectivity index (χ3v) is 7.43. The Kier molecular flexibility index (Phi) is 6.91. The lowest BCUT2D eigenvalue weighted by molar-refractivity contribution is 0.0958. The molecule has 5 rings (SSSR count). The molecule has 174 valence electrons. The van der Waals surface area contributed by atoms with Gasteiger partial charge in [-0.15, -0.1) is 0 Å². The third-order valence-electron chi connectivity index (χ3n) is 6.62. The van der Waals surface area contributed by atoms with Crippen LogP contribution in [0.1, 0.15) is 21.5 Å². The monoisotopic (exact) mass is 491 g/mol. The first kappa shape index (κ1) is 23.0. The van der Waals surface area contributed by atoms with Crippen molar-refractivity contribution in [2.75, 3.05) is 44.2 Å². The molecule has 1 N–H and O–H groups in total. The van der Waals surface area contributed by atoms with Crippen LogP contribution in [0.3, 0.4) is 0 Å². The van der Waals surface area contributed by atoms with Gasteiger partial charge in [0.25, 0.3) is 5.91 Å². The van der Waals surface area contributed by atoms with Gasteiger partial charge < -0.3 is 10.2 Å². The van der Waals surface area contributed by atoms with Crippen molar-refractivity contribution in [1.82, 2.24) is 10.2 Å². The molecule has 34 heavy (non-hydrogen) atoms. The Morgan fingerprint density at radius 1 is 0.882 bits per heavy atom. The van der Waals surface area contributed by atoms with Crippen molar-refractivity contribution < 1.29 is 4.79 Å². The van der Waals surface area contributed by atoms with Crippen LogP contribution in [0, 0.1) is 0 Å². The van der Waals surface area contributed by atoms with E-state index < -0.39 is 0 Å². The number of hydrogen-bond donors (Lipinski definition) is 1. The fourth-order valence-corrected chi connectivity index (χ4v) is 5.26. The van der Waals surface area contributed by atoms with E-state index in [1.165, 1.54) is 16.7 Å². The molecule has 1 aliphatic heterocycles. The number of hydrogen-bond acceptors (Lipinski definition) is 3. The molecule has 0 spiro atoms. The Balaban J connectivity index is 1.11. The van der Waals surface area contributed by atoms with Crippen LogP contribution in [0.25, 0.3) is 11.1 Å². The maximum Gasteiger partial charge on any atom is 0.252 e. The molecule has 4 nitrogen and oxygen atoms in total. The Morgan fingerprint density at radius 2 is 1.65 bits per heavy atom. The van der Waals surface area contributed by atoms with Gasteiger partial charge >= 0.3 is 0 Å². The van der Waals surface area contributed by atoms with Gasteiger partial charge in [-0.2, -0.15) is 0 Å². The maximum absolute atomic E-state index is 12.9. The summed E-state index contributed by atoms with van der Waals surface area (Å²) in [6.07, 6.45) is 5.06. The number of carbonyl (C=O) groups excluding carboxylic acids is 1. The number of fused-ring (bicyclic) bond motifs is 3. The van der Waals surface area contributed by atoms with E-state index in [1.807, 2.05) is 42.5 Å².